The van der Waals surface area contributed by atoms with Gasteiger partial charge in [0.05, 0.1) is 18.4 Å². The van der Waals surface area contributed by atoms with Crippen LogP contribution in [0.2, 0.25) is 5.02 Å². The number of carbonyl (C=O) groups excluding carboxylic acids is 2. The molecule has 0 heterocycles. The third-order valence-corrected chi connectivity index (χ3v) is 5.92. The number of ether oxygens (including phenoxy) is 3. The molecule has 3 aromatic rings. The van der Waals surface area contributed by atoms with Crippen molar-refractivity contribution in [2.24, 2.45) is 0 Å². The van der Waals surface area contributed by atoms with Crippen LogP contribution in [0.4, 0.5) is 0 Å². The fourth-order valence-corrected chi connectivity index (χ4v) is 3.66. The van der Waals surface area contributed by atoms with Gasteiger partial charge in [0.2, 0.25) is 0 Å². The van der Waals surface area contributed by atoms with Crippen LogP contribution in [0.15, 0.2) is 85.1 Å². The fraction of sp³-hybridized carbons (Fsp3) is 0.250. The minimum absolute atomic E-state index is 0.325. The van der Waals surface area contributed by atoms with E-state index in [1.54, 1.807) is 36.4 Å². The standard InChI is InChI=1S/C32H33ClO5/c1-2-3-4-5-6-7-23-36-29-17-10-25(11-18-29)12-21-31(34)38-30-19-13-27(14-20-30)32(35)37-24-22-26-8-15-28(33)16-9-26/h8-22,24H,2-7,23H2,1H3/b21-12+,24-22+. The largest absolute Gasteiger partial charge is 0.494 e. The van der Waals surface area contributed by atoms with Crippen molar-refractivity contribution in [2.75, 3.05) is 6.61 Å². The lowest BCUT2D eigenvalue weighted by Crippen LogP contribution is -2.05. The smallest absolute Gasteiger partial charge is 0.342 e. The number of esters is 2. The molecule has 38 heavy (non-hydrogen) atoms. The van der Waals surface area contributed by atoms with E-state index in [1.165, 1.54) is 56.6 Å². The molecule has 0 N–H and O–H groups in total. The highest BCUT2D eigenvalue weighted by atomic mass is 35.5. The summed E-state index contributed by atoms with van der Waals surface area (Å²) < 4.78 is 16.2. The Bertz CT molecular complexity index is 1200. The van der Waals surface area contributed by atoms with E-state index in [9.17, 15) is 9.59 Å². The summed E-state index contributed by atoms with van der Waals surface area (Å²) in [7, 11) is 0. The summed E-state index contributed by atoms with van der Waals surface area (Å²) in [6, 6.07) is 20.9. The summed E-state index contributed by atoms with van der Waals surface area (Å²) in [6.07, 6.45) is 13.4. The van der Waals surface area contributed by atoms with Crippen LogP contribution >= 0.6 is 11.6 Å². The average Bonchev–Trinajstić information content (AvgIpc) is 2.93. The Labute approximate surface area is 229 Å². The quantitative estimate of drug-likeness (QED) is 0.0684. The van der Waals surface area contributed by atoms with Gasteiger partial charge in [0, 0.05) is 11.1 Å². The summed E-state index contributed by atoms with van der Waals surface area (Å²) in [6.45, 7) is 2.93. The van der Waals surface area contributed by atoms with Crippen molar-refractivity contribution in [1.29, 1.82) is 0 Å². The number of rotatable bonds is 14. The van der Waals surface area contributed by atoms with Crippen molar-refractivity contribution in [1.82, 2.24) is 0 Å². The highest BCUT2D eigenvalue weighted by Gasteiger charge is 2.07. The molecule has 0 aliphatic heterocycles. The molecule has 0 spiro atoms. The molecule has 0 bridgehead atoms. The number of halogens is 1. The molecule has 3 aromatic carbocycles. The van der Waals surface area contributed by atoms with E-state index in [2.05, 4.69) is 6.92 Å². The highest BCUT2D eigenvalue weighted by Crippen LogP contribution is 2.17. The lowest BCUT2D eigenvalue weighted by atomic mass is 10.1. The van der Waals surface area contributed by atoms with E-state index >= 15 is 0 Å². The molecule has 0 atom stereocenters. The van der Waals surface area contributed by atoms with E-state index in [0.717, 1.165) is 23.3 Å². The van der Waals surface area contributed by atoms with Gasteiger partial charge in [0.1, 0.15) is 11.5 Å². The molecule has 0 aliphatic rings. The second-order valence-corrected chi connectivity index (χ2v) is 9.16. The molecule has 0 saturated heterocycles. The van der Waals surface area contributed by atoms with Gasteiger partial charge in [-0.15, -0.1) is 0 Å². The van der Waals surface area contributed by atoms with Gasteiger partial charge >= 0.3 is 11.9 Å². The average molecular weight is 533 g/mol. The molecule has 3 rings (SSSR count). The summed E-state index contributed by atoms with van der Waals surface area (Å²) in [5.41, 5.74) is 2.05. The second kappa shape index (κ2) is 16.1. The zero-order valence-electron chi connectivity index (χ0n) is 21.6. The van der Waals surface area contributed by atoms with Crippen LogP contribution in [0.3, 0.4) is 0 Å². The first kappa shape index (κ1) is 28.7. The lowest BCUT2D eigenvalue weighted by molar-refractivity contribution is -0.128. The number of carbonyl (C=O) groups is 2. The Hall–Kier alpha value is -3.83. The number of unbranched alkanes of at least 4 members (excludes halogenated alkanes) is 5. The molecule has 6 heteroatoms. The summed E-state index contributed by atoms with van der Waals surface area (Å²) in [5.74, 6) is 0.103. The second-order valence-electron chi connectivity index (χ2n) is 8.72. The van der Waals surface area contributed by atoms with Gasteiger partial charge in [-0.1, -0.05) is 74.9 Å². The molecule has 198 valence electrons. The van der Waals surface area contributed by atoms with Gasteiger partial charge in [-0.05, 0) is 78.2 Å². The van der Waals surface area contributed by atoms with Crippen molar-refractivity contribution in [3.8, 4) is 11.5 Å². The van der Waals surface area contributed by atoms with Gasteiger partial charge in [-0.2, -0.15) is 0 Å². The maximum absolute atomic E-state index is 12.2. The molecule has 0 unspecified atom stereocenters. The van der Waals surface area contributed by atoms with Crippen LogP contribution in [0.5, 0.6) is 11.5 Å². The Morgan fingerprint density at radius 2 is 1.34 bits per heavy atom. The first-order chi connectivity index (χ1) is 18.5. The lowest BCUT2D eigenvalue weighted by Gasteiger charge is -2.06. The summed E-state index contributed by atoms with van der Waals surface area (Å²) in [4.78, 5) is 24.4. The maximum Gasteiger partial charge on any atom is 0.342 e. The Morgan fingerprint density at radius 3 is 2.05 bits per heavy atom. The van der Waals surface area contributed by atoms with Crippen molar-refractivity contribution in [3.05, 3.63) is 107 Å². The van der Waals surface area contributed by atoms with E-state index in [0.29, 0.717) is 22.9 Å². The predicted molar refractivity (Wildman–Crippen MR) is 152 cm³/mol. The van der Waals surface area contributed by atoms with Crippen LogP contribution in [0.1, 0.15) is 66.9 Å². The molecule has 0 aliphatic carbocycles. The van der Waals surface area contributed by atoms with Crippen LogP contribution in [-0.4, -0.2) is 18.5 Å². The Kier molecular flexibility index (Phi) is 12.2. The van der Waals surface area contributed by atoms with E-state index in [-0.39, 0.29) is 0 Å². The zero-order chi connectivity index (χ0) is 27.0. The van der Waals surface area contributed by atoms with Crippen molar-refractivity contribution < 1.29 is 23.8 Å². The van der Waals surface area contributed by atoms with Gasteiger partial charge in [-0.3, -0.25) is 0 Å². The monoisotopic (exact) mass is 532 g/mol. The third kappa shape index (κ3) is 10.7. The number of benzene rings is 3. The molecule has 0 aromatic heterocycles. The normalized spacial score (nSPS) is 11.1. The van der Waals surface area contributed by atoms with Gasteiger partial charge in [0.15, 0.2) is 0 Å². The number of hydrogen-bond acceptors (Lipinski definition) is 5. The van der Waals surface area contributed by atoms with Crippen LogP contribution in [0, 0.1) is 0 Å². The van der Waals surface area contributed by atoms with E-state index in [4.69, 9.17) is 25.8 Å². The minimum atomic E-state index is -0.521. The molecule has 0 fully saturated rings. The molecule has 5 nitrogen and oxygen atoms in total. The van der Waals surface area contributed by atoms with Crippen molar-refractivity contribution in [3.63, 3.8) is 0 Å². The molecule has 0 amide bonds. The van der Waals surface area contributed by atoms with Crippen LogP contribution in [-0.2, 0) is 9.53 Å². The molecule has 0 radical (unpaired) electrons. The highest BCUT2D eigenvalue weighted by molar-refractivity contribution is 6.30. The van der Waals surface area contributed by atoms with Gasteiger partial charge in [-0.25, -0.2) is 9.59 Å². The van der Waals surface area contributed by atoms with E-state index < -0.39 is 11.9 Å². The minimum Gasteiger partial charge on any atom is -0.494 e. The fourth-order valence-electron chi connectivity index (χ4n) is 3.54. The summed E-state index contributed by atoms with van der Waals surface area (Å²) >= 11 is 5.85. The van der Waals surface area contributed by atoms with Crippen molar-refractivity contribution in [2.45, 2.75) is 45.4 Å². The predicted octanol–water partition coefficient (Wildman–Crippen LogP) is 8.53. The number of hydrogen-bond donors (Lipinski definition) is 0. The maximum atomic E-state index is 12.2. The Balaban J connectivity index is 1.39. The van der Waals surface area contributed by atoms with Crippen LogP contribution in [0.25, 0.3) is 12.2 Å². The topological polar surface area (TPSA) is 61.8 Å². The van der Waals surface area contributed by atoms with Gasteiger partial charge in [0.25, 0.3) is 0 Å². The van der Waals surface area contributed by atoms with Gasteiger partial charge < -0.3 is 14.2 Å². The van der Waals surface area contributed by atoms with Crippen molar-refractivity contribution >= 4 is 35.7 Å². The van der Waals surface area contributed by atoms with E-state index in [1.807, 2.05) is 36.4 Å². The SMILES string of the molecule is CCCCCCCCOc1ccc(/C=C/C(=O)Oc2ccc(C(=O)O/C=C/c3ccc(Cl)cc3)cc2)cc1. The molecular weight excluding hydrogens is 500 g/mol. The molecule has 0 saturated carbocycles. The third-order valence-electron chi connectivity index (χ3n) is 5.67. The van der Waals surface area contributed by atoms with Crippen LogP contribution < -0.4 is 9.47 Å². The Morgan fingerprint density at radius 1 is 0.737 bits per heavy atom. The molecular formula is C32H33ClO5. The first-order valence-electron chi connectivity index (χ1n) is 12.9. The zero-order valence-corrected chi connectivity index (χ0v) is 22.4. The summed E-state index contributed by atoms with van der Waals surface area (Å²) in [5, 5.41) is 0.633. The first-order valence-corrected chi connectivity index (χ1v) is 13.3.